The van der Waals surface area contributed by atoms with E-state index in [2.05, 4.69) is 10.3 Å². The van der Waals surface area contributed by atoms with E-state index in [0.29, 0.717) is 12.4 Å². The van der Waals surface area contributed by atoms with Gasteiger partial charge in [-0.1, -0.05) is 30.3 Å². The van der Waals surface area contributed by atoms with Crippen molar-refractivity contribution < 1.29 is 19.1 Å². The highest BCUT2D eigenvalue weighted by atomic mass is 16.5. The maximum absolute atomic E-state index is 12.1. The average Bonchev–Trinajstić information content (AvgIpc) is 2.61. The van der Waals surface area contributed by atoms with Crippen LogP contribution in [0, 0.1) is 0 Å². The molecule has 1 N–H and O–H groups in total. The first-order valence-corrected chi connectivity index (χ1v) is 7.78. The van der Waals surface area contributed by atoms with Gasteiger partial charge in [0, 0.05) is 6.54 Å². The third-order valence-electron chi connectivity index (χ3n) is 3.18. The van der Waals surface area contributed by atoms with Gasteiger partial charge >= 0.3 is 11.9 Å². The second kappa shape index (κ2) is 8.67. The van der Waals surface area contributed by atoms with Crippen molar-refractivity contribution in [3.8, 4) is 0 Å². The van der Waals surface area contributed by atoms with Gasteiger partial charge in [0.2, 0.25) is 0 Å². The largest absolute Gasteiger partial charge is 0.462 e. The number of hydrogen-bond donors (Lipinski definition) is 1. The van der Waals surface area contributed by atoms with Crippen molar-refractivity contribution in [2.45, 2.75) is 20.4 Å². The van der Waals surface area contributed by atoms with Gasteiger partial charge in [0.1, 0.15) is 5.82 Å². The second-order valence-electron chi connectivity index (χ2n) is 4.87. The van der Waals surface area contributed by atoms with Crippen LogP contribution >= 0.6 is 0 Å². The number of hydrogen-bond acceptors (Lipinski definition) is 6. The minimum atomic E-state index is -0.649. The molecule has 1 heterocycles. The smallest absolute Gasteiger partial charge is 0.357 e. The lowest BCUT2D eigenvalue weighted by Crippen LogP contribution is -2.17. The highest BCUT2D eigenvalue weighted by molar-refractivity contribution is 6.02. The molecular weight excluding hydrogens is 308 g/mol. The lowest BCUT2D eigenvalue weighted by atomic mass is 10.2. The Balaban J connectivity index is 2.22. The molecule has 6 nitrogen and oxygen atoms in total. The fraction of sp³-hybridized carbons (Fsp3) is 0.278. The van der Waals surface area contributed by atoms with Crippen LogP contribution in [-0.4, -0.2) is 30.1 Å². The van der Waals surface area contributed by atoms with Crippen LogP contribution in [-0.2, 0) is 16.0 Å². The van der Waals surface area contributed by atoms with Gasteiger partial charge in [-0.25, -0.2) is 14.6 Å². The molecular formula is C18H20N2O4. The number of carbonyl (C=O) groups is 2. The minimum Gasteiger partial charge on any atom is -0.462 e. The highest BCUT2D eigenvalue weighted by Crippen LogP contribution is 2.15. The Labute approximate surface area is 140 Å². The number of pyridine rings is 1. The van der Waals surface area contributed by atoms with Crippen molar-refractivity contribution in [3.63, 3.8) is 0 Å². The number of benzene rings is 1. The fourth-order valence-corrected chi connectivity index (χ4v) is 2.07. The Kier molecular flexibility index (Phi) is 6.31. The summed E-state index contributed by atoms with van der Waals surface area (Å²) in [6.07, 6.45) is 0. The number of nitrogens with one attached hydrogen (secondary N) is 1. The summed E-state index contributed by atoms with van der Waals surface area (Å²) in [5, 5.41) is 3.13. The van der Waals surface area contributed by atoms with Gasteiger partial charge in [0.15, 0.2) is 5.69 Å². The molecule has 0 spiro atoms. The molecule has 0 atom stereocenters. The summed E-state index contributed by atoms with van der Waals surface area (Å²) < 4.78 is 9.94. The molecule has 2 aromatic rings. The third-order valence-corrected chi connectivity index (χ3v) is 3.18. The van der Waals surface area contributed by atoms with Crippen LogP contribution in [0.5, 0.6) is 0 Å². The van der Waals surface area contributed by atoms with E-state index in [-0.39, 0.29) is 24.5 Å². The number of aromatic nitrogens is 1. The summed E-state index contributed by atoms with van der Waals surface area (Å²) in [6, 6.07) is 12.9. The monoisotopic (exact) mass is 328 g/mol. The highest BCUT2D eigenvalue weighted by Gasteiger charge is 2.21. The van der Waals surface area contributed by atoms with Crippen LogP contribution in [0.2, 0.25) is 0 Å². The lowest BCUT2D eigenvalue weighted by molar-refractivity contribution is 0.0473. The molecule has 24 heavy (non-hydrogen) atoms. The van der Waals surface area contributed by atoms with Gasteiger partial charge in [-0.2, -0.15) is 0 Å². The first-order valence-electron chi connectivity index (χ1n) is 7.78. The molecule has 0 fully saturated rings. The summed E-state index contributed by atoms with van der Waals surface area (Å²) in [7, 11) is 0. The molecule has 1 aromatic heterocycles. The lowest BCUT2D eigenvalue weighted by Gasteiger charge is -2.11. The molecule has 0 saturated carbocycles. The fourth-order valence-electron chi connectivity index (χ4n) is 2.07. The normalized spacial score (nSPS) is 10.1. The molecule has 0 unspecified atom stereocenters. The van der Waals surface area contributed by atoms with E-state index in [4.69, 9.17) is 9.47 Å². The quantitative estimate of drug-likeness (QED) is 0.787. The Morgan fingerprint density at radius 2 is 1.62 bits per heavy atom. The van der Waals surface area contributed by atoms with Gasteiger partial charge in [-0.3, -0.25) is 0 Å². The summed E-state index contributed by atoms with van der Waals surface area (Å²) in [5.41, 5.74) is 1.13. The Bertz CT molecular complexity index is 701. The molecule has 2 rings (SSSR count). The number of ether oxygens (including phenoxy) is 2. The zero-order valence-corrected chi connectivity index (χ0v) is 13.7. The van der Waals surface area contributed by atoms with Gasteiger partial charge in [-0.05, 0) is 31.5 Å². The molecule has 126 valence electrons. The van der Waals surface area contributed by atoms with Crippen LogP contribution in [0.4, 0.5) is 5.82 Å². The molecule has 1 aromatic carbocycles. The van der Waals surface area contributed by atoms with E-state index in [1.54, 1.807) is 19.9 Å². The van der Waals surface area contributed by atoms with Crippen LogP contribution in [0.15, 0.2) is 42.5 Å². The molecule has 0 bridgehead atoms. The predicted octanol–water partition coefficient (Wildman–Crippen LogP) is 3.05. The second-order valence-corrected chi connectivity index (χ2v) is 4.87. The van der Waals surface area contributed by atoms with E-state index < -0.39 is 11.9 Å². The Morgan fingerprint density at radius 3 is 2.29 bits per heavy atom. The van der Waals surface area contributed by atoms with E-state index >= 15 is 0 Å². The SMILES string of the molecule is CCOC(=O)c1ccc(NCc2ccccc2)nc1C(=O)OCC. The predicted molar refractivity (Wildman–Crippen MR) is 89.9 cm³/mol. The van der Waals surface area contributed by atoms with Crippen molar-refractivity contribution >= 4 is 17.8 Å². The van der Waals surface area contributed by atoms with Gasteiger partial charge in [0.05, 0.1) is 18.8 Å². The summed E-state index contributed by atoms with van der Waals surface area (Å²) in [4.78, 5) is 28.3. The van der Waals surface area contributed by atoms with Crippen LogP contribution in [0.3, 0.4) is 0 Å². The Morgan fingerprint density at radius 1 is 0.958 bits per heavy atom. The van der Waals surface area contributed by atoms with Gasteiger partial charge in [0.25, 0.3) is 0 Å². The first kappa shape index (κ1) is 17.5. The van der Waals surface area contributed by atoms with Crippen LogP contribution < -0.4 is 5.32 Å². The summed E-state index contributed by atoms with van der Waals surface area (Å²) >= 11 is 0. The van der Waals surface area contributed by atoms with Crippen molar-refractivity contribution in [2.24, 2.45) is 0 Å². The molecule has 0 aliphatic heterocycles. The maximum Gasteiger partial charge on any atom is 0.357 e. The zero-order chi connectivity index (χ0) is 17.4. The standard InChI is InChI=1S/C18H20N2O4/c1-3-23-17(21)14-10-11-15(20-16(14)18(22)24-4-2)19-12-13-8-6-5-7-9-13/h5-11H,3-4,12H2,1-2H3,(H,19,20). The summed E-state index contributed by atoms with van der Waals surface area (Å²) in [6.45, 7) is 4.36. The molecule has 0 aliphatic rings. The van der Waals surface area contributed by atoms with Crippen molar-refractivity contribution in [1.82, 2.24) is 4.98 Å². The zero-order valence-electron chi connectivity index (χ0n) is 13.7. The number of nitrogens with zero attached hydrogens (tertiary/aromatic N) is 1. The number of rotatable bonds is 7. The molecule has 0 saturated heterocycles. The average molecular weight is 328 g/mol. The van der Waals surface area contributed by atoms with Crippen LogP contribution in [0.1, 0.15) is 40.3 Å². The maximum atomic E-state index is 12.1. The Hall–Kier alpha value is -2.89. The minimum absolute atomic E-state index is 0.0478. The third kappa shape index (κ3) is 4.55. The first-order chi connectivity index (χ1) is 11.7. The van der Waals surface area contributed by atoms with E-state index in [1.807, 2.05) is 30.3 Å². The van der Waals surface area contributed by atoms with E-state index in [9.17, 15) is 9.59 Å². The molecule has 0 amide bonds. The number of esters is 2. The summed E-state index contributed by atoms with van der Waals surface area (Å²) in [5.74, 6) is -0.762. The topological polar surface area (TPSA) is 77.5 Å². The van der Waals surface area contributed by atoms with Gasteiger partial charge < -0.3 is 14.8 Å². The van der Waals surface area contributed by atoms with Gasteiger partial charge in [-0.15, -0.1) is 0 Å². The number of anilines is 1. The molecule has 6 heteroatoms. The molecule has 0 aliphatic carbocycles. The van der Waals surface area contributed by atoms with E-state index in [0.717, 1.165) is 5.56 Å². The van der Waals surface area contributed by atoms with Crippen molar-refractivity contribution in [2.75, 3.05) is 18.5 Å². The molecule has 0 radical (unpaired) electrons. The van der Waals surface area contributed by atoms with E-state index in [1.165, 1.54) is 6.07 Å². The van der Waals surface area contributed by atoms with Crippen LogP contribution in [0.25, 0.3) is 0 Å². The number of carbonyl (C=O) groups excluding carboxylic acids is 2. The van der Waals surface area contributed by atoms with Crippen molar-refractivity contribution in [3.05, 3.63) is 59.3 Å². The van der Waals surface area contributed by atoms with Crippen molar-refractivity contribution in [1.29, 1.82) is 0 Å².